The van der Waals surface area contributed by atoms with Crippen LogP contribution < -0.4 is 5.32 Å². The lowest BCUT2D eigenvalue weighted by atomic mass is 9.98. The minimum Gasteiger partial charge on any atom is -0.480 e. The number of carbonyl (C=O) groups excluding carboxylic acids is 2. The zero-order valence-electron chi connectivity index (χ0n) is 19.9. The molecule has 2 N–H and O–H groups in total. The summed E-state index contributed by atoms with van der Waals surface area (Å²) in [5, 5.41) is 13.8. The second-order valence-electron chi connectivity index (χ2n) is 9.41. The third-order valence-corrected chi connectivity index (χ3v) is 6.99. The quantitative estimate of drug-likeness (QED) is 0.482. The van der Waals surface area contributed by atoms with Crippen LogP contribution in [0.15, 0.2) is 66.0 Å². The molecule has 1 aromatic heterocycles. The van der Waals surface area contributed by atoms with E-state index >= 15 is 0 Å². The van der Waals surface area contributed by atoms with Gasteiger partial charge in [0.2, 0.25) is 0 Å². The predicted octanol–water partition coefficient (Wildman–Crippen LogP) is 5.04. The summed E-state index contributed by atoms with van der Waals surface area (Å²) < 4.78 is 5.63. The number of alkyl carbamates (subject to hydrolysis) is 1. The Morgan fingerprint density at radius 3 is 2.11 bits per heavy atom. The Bertz CT molecular complexity index is 1190. The van der Waals surface area contributed by atoms with Crippen LogP contribution in [0.5, 0.6) is 0 Å². The van der Waals surface area contributed by atoms with Crippen LogP contribution in [0.3, 0.4) is 0 Å². The molecule has 2 amide bonds. The minimum atomic E-state index is -1.13. The Labute approximate surface area is 208 Å². The van der Waals surface area contributed by atoms with Crippen molar-refractivity contribution >= 4 is 29.3 Å². The molecule has 182 valence electrons. The van der Waals surface area contributed by atoms with Gasteiger partial charge in [-0.15, -0.1) is 11.3 Å². The van der Waals surface area contributed by atoms with Crippen molar-refractivity contribution < 1.29 is 24.2 Å². The molecule has 0 spiro atoms. The number of ether oxygens (including phenoxy) is 1. The first-order valence-corrected chi connectivity index (χ1v) is 12.2. The van der Waals surface area contributed by atoms with Crippen LogP contribution >= 0.6 is 11.3 Å². The normalized spacial score (nSPS) is 13.5. The van der Waals surface area contributed by atoms with Crippen LogP contribution in [-0.2, 0) is 14.3 Å². The van der Waals surface area contributed by atoms with Crippen LogP contribution in [0.4, 0.5) is 4.79 Å². The maximum absolute atomic E-state index is 13.4. The first kappa shape index (κ1) is 24.5. The molecule has 0 saturated carbocycles. The van der Waals surface area contributed by atoms with Crippen molar-refractivity contribution in [1.82, 2.24) is 10.2 Å². The average molecular weight is 493 g/mol. The lowest BCUT2D eigenvalue weighted by Crippen LogP contribution is -2.52. The molecule has 1 aliphatic rings. The smallest absolute Gasteiger partial charge is 0.408 e. The van der Waals surface area contributed by atoms with E-state index in [9.17, 15) is 19.5 Å². The molecule has 35 heavy (non-hydrogen) atoms. The Morgan fingerprint density at radius 2 is 1.60 bits per heavy atom. The molecular formula is C27H28N2O5S. The molecule has 1 unspecified atom stereocenters. The van der Waals surface area contributed by atoms with Gasteiger partial charge in [-0.05, 0) is 54.5 Å². The Morgan fingerprint density at radius 1 is 1.00 bits per heavy atom. The third kappa shape index (κ3) is 5.22. The van der Waals surface area contributed by atoms with Crippen LogP contribution in [0, 0.1) is 0 Å². The molecule has 7 nitrogen and oxygen atoms in total. The number of benzene rings is 2. The van der Waals surface area contributed by atoms with E-state index in [1.165, 1.54) is 16.2 Å². The van der Waals surface area contributed by atoms with Crippen molar-refractivity contribution in [2.24, 2.45) is 0 Å². The molecule has 0 saturated heterocycles. The molecule has 4 rings (SSSR count). The van der Waals surface area contributed by atoms with Crippen LogP contribution in [-0.4, -0.2) is 46.7 Å². The standard InChI is InChI=1S/C27H28N2O5S/c1-27(2,3)29(15-23(30)31)25(32)24(22-13-8-14-35-22)28-26(33)34-16-21-19-11-6-4-9-17(19)18-10-5-7-12-20(18)21/h4-14,21,24H,15-16H2,1-3H3,(H,28,33)(H,30,31). The van der Waals surface area contributed by atoms with E-state index in [4.69, 9.17) is 4.74 Å². The van der Waals surface area contributed by atoms with Crippen molar-refractivity contribution in [2.45, 2.75) is 38.3 Å². The van der Waals surface area contributed by atoms with Gasteiger partial charge >= 0.3 is 12.1 Å². The molecule has 1 aliphatic carbocycles. The number of amides is 2. The fourth-order valence-corrected chi connectivity index (χ4v) is 5.17. The van der Waals surface area contributed by atoms with E-state index in [2.05, 4.69) is 17.4 Å². The lowest BCUT2D eigenvalue weighted by Gasteiger charge is -2.36. The van der Waals surface area contributed by atoms with Crippen molar-refractivity contribution in [3.8, 4) is 11.1 Å². The zero-order valence-corrected chi connectivity index (χ0v) is 20.7. The van der Waals surface area contributed by atoms with Gasteiger partial charge in [-0.1, -0.05) is 54.6 Å². The van der Waals surface area contributed by atoms with E-state index in [0.29, 0.717) is 4.88 Å². The van der Waals surface area contributed by atoms with E-state index < -0.39 is 36.1 Å². The maximum Gasteiger partial charge on any atom is 0.408 e. The number of hydrogen-bond donors (Lipinski definition) is 2. The highest BCUT2D eigenvalue weighted by Gasteiger charge is 2.36. The first-order chi connectivity index (χ1) is 16.7. The topological polar surface area (TPSA) is 95.9 Å². The number of thiophene rings is 1. The molecule has 0 aliphatic heterocycles. The molecule has 2 aromatic carbocycles. The summed E-state index contributed by atoms with van der Waals surface area (Å²) in [7, 11) is 0. The number of carboxylic acids is 1. The highest BCUT2D eigenvalue weighted by Crippen LogP contribution is 2.44. The first-order valence-electron chi connectivity index (χ1n) is 11.3. The molecule has 0 fully saturated rings. The number of fused-ring (bicyclic) bond motifs is 3. The van der Waals surface area contributed by atoms with Crippen molar-refractivity contribution in [2.75, 3.05) is 13.2 Å². The zero-order chi connectivity index (χ0) is 25.2. The van der Waals surface area contributed by atoms with Gasteiger partial charge in [-0.3, -0.25) is 9.59 Å². The summed E-state index contributed by atoms with van der Waals surface area (Å²) in [5.74, 6) is -1.74. The largest absolute Gasteiger partial charge is 0.480 e. The SMILES string of the molecule is CC(C)(C)N(CC(=O)O)C(=O)C(NC(=O)OCC1c2ccccc2-c2ccccc21)c1cccs1. The fraction of sp³-hybridized carbons (Fsp3) is 0.296. The summed E-state index contributed by atoms with van der Waals surface area (Å²) in [4.78, 5) is 39.7. The molecule has 1 atom stereocenters. The van der Waals surface area contributed by atoms with E-state index in [-0.39, 0.29) is 12.5 Å². The Kier molecular flexibility index (Phi) is 6.93. The van der Waals surface area contributed by atoms with Gasteiger partial charge in [0.25, 0.3) is 5.91 Å². The fourth-order valence-electron chi connectivity index (χ4n) is 4.40. The molecule has 3 aromatic rings. The summed E-state index contributed by atoms with van der Waals surface area (Å²) in [6.07, 6.45) is -0.734. The summed E-state index contributed by atoms with van der Waals surface area (Å²) in [6, 6.07) is 18.5. The van der Waals surface area contributed by atoms with Gasteiger partial charge in [0, 0.05) is 16.3 Å². The van der Waals surface area contributed by atoms with Crippen molar-refractivity contribution in [1.29, 1.82) is 0 Å². The minimum absolute atomic E-state index is 0.109. The number of rotatable bonds is 7. The van der Waals surface area contributed by atoms with E-state index in [1.54, 1.807) is 38.3 Å². The highest BCUT2D eigenvalue weighted by molar-refractivity contribution is 7.10. The number of hydrogen-bond acceptors (Lipinski definition) is 5. The second kappa shape index (κ2) is 9.92. The monoisotopic (exact) mass is 492 g/mol. The van der Waals surface area contributed by atoms with E-state index in [1.807, 2.05) is 36.4 Å². The van der Waals surface area contributed by atoms with Gasteiger partial charge in [-0.2, -0.15) is 0 Å². The van der Waals surface area contributed by atoms with Crippen LogP contribution in [0.2, 0.25) is 0 Å². The maximum atomic E-state index is 13.4. The summed E-state index contributed by atoms with van der Waals surface area (Å²) in [5.41, 5.74) is 3.67. The second-order valence-corrected chi connectivity index (χ2v) is 10.4. The van der Waals surface area contributed by atoms with Crippen molar-refractivity contribution in [3.63, 3.8) is 0 Å². The number of carboxylic acid groups (broad SMARTS) is 1. The van der Waals surface area contributed by atoms with Gasteiger partial charge in [0.05, 0.1) is 0 Å². The molecular weight excluding hydrogens is 464 g/mol. The highest BCUT2D eigenvalue weighted by atomic mass is 32.1. The number of aliphatic carboxylic acids is 1. The van der Waals surface area contributed by atoms with Gasteiger partial charge in [-0.25, -0.2) is 4.79 Å². The molecule has 0 bridgehead atoms. The number of carbonyl (C=O) groups is 3. The summed E-state index contributed by atoms with van der Waals surface area (Å²) >= 11 is 1.31. The Balaban J connectivity index is 1.52. The number of nitrogens with zero attached hydrogens (tertiary/aromatic N) is 1. The van der Waals surface area contributed by atoms with Crippen LogP contribution in [0.1, 0.15) is 48.7 Å². The van der Waals surface area contributed by atoms with Gasteiger partial charge in [0.1, 0.15) is 19.2 Å². The Hall–Kier alpha value is -3.65. The van der Waals surface area contributed by atoms with Crippen LogP contribution in [0.25, 0.3) is 11.1 Å². The third-order valence-electron chi connectivity index (χ3n) is 6.05. The van der Waals surface area contributed by atoms with Gasteiger partial charge < -0.3 is 20.1 Å². The molecule has 8 heteroatoms. The average Bonchev–Trinajstić information content (AvgIpc) is 3.45. The van der Waals surface area contributed by atoms with Crippen molar-refractivity contribution in [3.05, 3.63) is 82.0 Å². The van der Waals surface area contributed by atoms with E-state index in [0.717, 1.165) is 22.3 Å². The lowest BCUT2D eigenvalue weighted by molar-refractivity contribution is -0.149. The van der Waals surface area contributed by atoms with Gasteiger partial charge in [0.15, 0.2) is 0 Å². The number of nitrogens with one attached hydrogen (secondary N) is 1. The predicted molar refractivity (Wildman–Crippen MR) is 134 cm³/mol. The molecule has 1 heterocycles. The summed E-state index contributed by atoms with van der Waals surface area (Å²) in [6.45, 7) is 4.91. The molecule has 0 radical (unpaired) electrons.